The third-order valence-corrected chi connectivity index (χ3v) is 7.59. The van der Waals surface area contributed by atoms with Crippen molar-refractivity contribution in [2.45, 2.75) is 67.2 Å². The second-order valence-electron chi connectivity index (χ2n) is 9.02. The number of hydrogen-bond acceptors (Lipinski definition) is 5. The number of aryl methyl sites for hydroxylation is 1. The van der Waals surface area contributed by atoms with Crippen LogP contribution in [0.25, 0.3) is 0 Å². The lowest BCUT2D eigenvalue weighted by molar-refractivity contribution is -0.145. The predicted molar refractivity (Wildman–Crippen MR) is 120 cm³/mol. The number of ether oxygens (including phenoxy) is 1. The minimum Gasteiger partial charge on any atom is -0.469 e. The molecular weight excluding hydrogens is 392 g/mol. The van der Waals surface area contributed by atoms with Crippen molar-refractivity contribution >= 4 is 17.6 Å². The van der Waals surface area contributed by atoms with Gasteiger partial charge in [-0.2, -0.15) is 0 Å². The van der Waals surface area contributed by atoms with Crippen LogP contribution in [0.3, 0.4) is 0 Å². The number of aromatic nitrogens is 1. The number of anilines is 1. The quantitative estimate of drug-likeness (QED) is 0.658. The fourth-order valence-corrected chi connectivity index (χ4v) is 5.10. The summed E-state index contributed by atoms with van der Waals surface area (Å²) in [6, 6.07) is 0. The zero-order valence-electron chi connectivity index (χ0n) is 20.2. The highest BCUT2D eigenvalue weighted by Gasteiger charge is 2.46. The molecule has 1 saturated carbocycles. The second kappa shape index (κ2) is 8.48. The van der Waals surface area contributed by atoms with Crippen LogP contribution >= 0.6 is 0 Å². The summed E-state index contributed by atoms with van der Waals surface area (Å²) in [6.45, 7) is 14.3. The second-order valence-corrected chi connectivity index (χ2v) is 9.02. The van der Waals surface area contributed by atoms with Gasteiger partial charge < -0.3 is 14.2 Å². The molecule has 1 aromatic heterocycles. The van der Waals surface area contributed by atoms with Crippen molar-refractivity contribution < 1.29 is 18.8 Å². The monoisotopic (exact) mass is 426 g/mol. The van der Waals surface area contributed by atoms with Gasteiger partial charge in [0.15, 0.2) is 0 Å². The van der Waals surface area contributed by atoms with Crippen LogP contribution in [0.15, 0.2) is 4.52 Å². The van der Waals surface area contributed by atoms with Gasteiger partial charge in [0.05, 0.1) is 18.7 Å². The molecule has 1 unspecified atom stereocenters. The zero-order valence-corrected chi connectivity index (χ0v) is 20.2. The summed E-state index contributed by atoms with van der Waals surface area (Å²) < 4.78 is 10.4. The third kappa shape index (κ3) is 3.77. The van der Waals surface area contributed by atoms with E-state index in [2.05, 4.69) is 39.8 Å². The molecule has 1 heterocycles. The largest absolute Gasteiger partial charge is 0.469 e. The minimum absolute atomic E-state index is 0.00492. The van der Waals surface area contributed by atoms with E-state index in [1.54, 1.807) is 4.90 Å². The van der Waals surface area contributed by atoms with Crippen molar-refractivity contribution in [2.75, 3.05) is 19.1 Å². The Morgan fingerprint density at radius 2 is 1.45 bits per heavy atom. The van der Waals surface area contributed by atoms with Crippen molar-refractivity contribution in [1.29, 1.82) is 0 Å². The molecular formula is C25H34N2O4. The molecule has 31 heavy (non-hydrogen) atoms. The van der Waals surface area contributed by atoms with E-state index in [1.165, 1.54) is 23.8 Å². The summed E-state index contributed by atoms with van der Waals surface area (Å²) >= 11 is 0. The molecule has 1 aliphatic rings. The van der Waals surface area contributed by atoms with Crippen molar-refractivity contribution in [1.82, 2.24) is 5.16 Å². The Bertz CT molecular complexity index is 1010. The number of benzene rings is 1. The number of rotatable bonds is 4. The highest BCUT2D eigenvalue weighted by molar-refractivity contribution is 5.97. The van der Waals surface area contributed by atoms with Crippen molar-refractivity contribution in [3.63, 3.8) is 0 Å². The van der Waals surface area contributed by atoms with Gasteiger partial charge in [0.2, 0.25) is 5.91 Å². The maximum atomic E-state index is 13.8. The van der Waals surface area contributed by atoms with E-state index in [1.807, 2.05) is 20.9 Å². The van der Waals surface area contributed by atoms with Gasteiger partial charge in [0.1, 0.15) is 5.76 Å². The van der Waals surface area contributed by atoms with Gasteiger partial charge in [-0.3, -0.25) is 9.59 Å². The maximum absolute atomic E-state index is 13.8. The molecule has 0 spiro atoms. The van der Waals surface area contributed by atoms with Gasteiger partial charge in [-0.1, -0.05) is 5.16 Å². The first-order valence-corrected chi connectivity index (χ1v) is 10.9. The van der Waals surface area contributed by atoms with E-state index < -0.39 is 0 Å². The van der Waals surface area contributed by atoms with Gasteiger partial charge in [0, 0.05) is 30.1 Å². The van der Waals surface area contributed by atoms with Crippen molar-refractivity contribution in [2.24, 2.45) is 11.8 Å². The zero-order chi connectivity index (χ0) is 23.2. The summed E-state index contributed by atoms with van der Waals surface area (Å²) in [7, 11) is 3.24. The van der Waals surface area contributed by atoms with E-state index >= 15 is 0 Å². The molecule has 0 N–H and O–H groups in total. The average Bonchev–Trinajstić information content (AvgIpc) is 3.33. The predicted octanol–water partition coefficient (Wildman–Crippen LogP) is 4.78. The number of carbonyl (C=O) groups is 2. The Labute approximate surface area is 184 Å². The summed E-state index contributed by atoms with van der Waals surface area (Å²) in [5, 5.41) is 4.26. The van der Waals surface area contributed by atoms with E-state index in [4.69, 9.17) is 9.26 Å². The smallest absolute Gasteiger partial charge is 0.308 e. The summed E-state index contributed by atoms with van der Waals surface area (Å²) in [6.07, 6.45) is 0.988. The molecule has 1 amide bonds. The van der Waals surface area contributed by atoms with Gasteiger partial charge >= 0.3 is 5.97 Å². The van der Waals surface area contributed by atoms with Crippen LogP contribution in [-0.4, -0.2) is 31.2 Å². The van der Waals surface area contributed by atoms with Crippen LogP contribution in [-0.2, 0) is 14.3 Å². The summed E-state index contributed by atoms with van der Waals surface area (Å²) in [5.41, 5.74) is 8.59. The molecule has 3 atom stereocenters. The molecule has 2 aromatic rings. The topological polar surface area (TPSA) is 72.6 Å². The lowest BCUT2D eigenvalue weighted by Gasteiger charge is -2.29. The first-order valence-electron chi connectivity index (χ1n) is 10.9. The number of carbonyl (C=O) groups excluding carboxylic acids is 2. The van der Waals surface area contributed by atoms with E-state index in [9.17, 15) is 9.59 Å². The van der Waals surface area contributed by atoms with Crippen molar-refractivity contribution in [3.05, 3.63) is 44.8 Å². The van der Waals surface area contributed by atoms with Crippen LogP contribution in [0.4, 0.5) is 5.69 Å². The molecule has 168 valence electrons. The molecule has 0 aliphatic heterocycles. The fourth-order valence-electron chi connectivity index (χ4n) is 5.10. The lowest BCUT2D eigenvalue weighted by atomic mass is 9.88. The molecule has 0 bridgehead atoms. The number of nitrogens with zero attached hydrogens (tertiary/aromatic N) is 2. The molecule has 6 nitrogen and oxygen atoms in total. The SMILES string of the molecule is COC(=O)C1C[C@@H](C(=O)N(C)c2c(C)c(C)c(C)c(C)c2C)[C@H](c2noc(C)c2C)C1. The standard InChI is InChI=1S/C25H34N2O4/c1-12-13(2)15(4)23(16(5)14(12)3)27(8)24(28)21-11-19(25(29)30-9)10-20(21)22-17(6)18(7)31-26-22/h19-21H,10-11H2,1-9H3/t19?,20-,21-/m1/s1. The van der Waals surface area contributed by atoms with Crippen LogP contribution < -0.4 is 4.90 Å². The van der Waals surface area contributed by atoms with Crippen molar-refractivity contribution in [3.8, 4) is 0 Å². The van der Waals surface area contributed by atoms with E-state index in [0.717, 1.165) is 33.8 Å². The Morgan fingerprint density at radius 1 is 0.903 bits per heavy atom. The Kier molecular flexibility index (Phi) is 6.30. The fraction of sp³-hybridized carbons (Fsp3) is 0.560. The maximum Gasteiger partial charge on any atom is 0.308 e. The normalized spacial score (nSPS) is 20.7. The van der Waals surface area contributed by atoms with Gasteiger partial charge in [0.25, 0.3) is 0 Å². The van der Waals surface area contributed by atoms with Crippen LogP contribution in [0.1, 0.15) is 63.6 Å². The van der Waals surface area contributed by atoms with Gasteiger partial charge in [-0.05, 0) is 89.1 Å². The van der Waals surface area contributed by atoms with E-state index in [0.29, 0.717) is 12.8 Å². The molecule has 6 heteroatoms. The highest BCUT2D eigenvalue weighted by Crippen LogP contribution is 2.46. The molecule has 1 aromatic carbocycles. The third-order valence-electron chi connectivity index (χ3n) is 7.59. The number of esters is 1. The molecule has 0 radical (unpaired) electrons. The Balaban J connectivity index is 2.03. The summed E-state index contributed by atoms with van der Waals surface area (Å²) in [4.78, 5) is 27.9. The summed E-state index contributed by atoms with van der Waals surface area (Å²) in [5.74, 6) is -0.381. The first kappa shape index (κ1) is 23.0. The first-order chi connectivity index (χ1) is 14.5. The number of amides is 1. The molecule has 0 saturated heterocycles. The Morgan fingerprint density at radius 3 is 1.94 bits per heavy atom. The average molecular weight is 427 g/mol. The highest BCUT2D eigenvalue weighted by atomic mass is 16.5. The molecule has 3 rings (SSSR count). The molecule has 1 fully saturated rings. The van der Waals surface area contributed by atoms with Crippen LogP contribution in [0.5, 0.6) is 0 Å². The molecule has 1 aliphatic carbocycles. The van der Waals surface area contributed by atoms with Gasteiger partial charge in [-0.25, -0.2) is 0 Å². The lowest BCUT2D eigenvalue weighted by Crippen LogP contribution is -2.35. The number of methoxy groups -OCH3 is 1. The Hall–Kier alpha value is -2.63. The van der Waals surface area contributed by atoms with Crippen LogP contribution in [0, 0.1) is 60.3 Å². The van der Waals surface area contributed by atoms with E-state index in [-0.39, 0.29) is 29.6 Å². The number of hydrogen-bond donors (Lipinski definition) is 0. The minimum atomic E-state index is -0.363. The van der Waals surface area contributed by atoms with Crippen LogP contribution in [0.2, 0.25) is 0 Å². The van der Waals surface area contributed by atoms with Gasteiger partial charge in [-0.15, -0.1) is 0 Å².